The number of ether oxygens (including phenoxy) is 2. The summed E-state index contributed by atoms with van der Waals surface area (Å²) in [4.78, 5) is 36.0. The lowest BCUT2D eigenvalue weighted by atomic mass is 10.0. The fourth-order valence-electron chi connectivity index (χ4n) is 12.0. The fourth-order valence-corrected chi connectivity index (χ4v) is 12.8. The van der Waals surface area contributed by atoms with E-state index in [-0.39, 0.29) is 25.6 Å². The Kier molecular flexibility index (Phi) is 70.1. The monoisotopic (exact) mass is 1290 g/mol. The molecule has 0 amide bonds. The van der Waals surface area contributed by atoms with E-state index in [0.717, 1.165) is 38.5 Å². The van der Waals surface area contributed by atoms with E-state index < -0.39 is 26.5 Å². The third-order valence-electron chi connectivity index (χ3n) is 18.1. The Morgan fingerprint density at radius 3 is 0.889 bits per heavy atom. The molecule has 9 nitrogen and oxygen atoms in total. The number of phosphoric ester groups is 1. The molecule has 0 spiro atoms. The van der Waals surface area contributed by atoms with Gasteiger partial charge in [0.1, 0.15) is 19.8 Å². The average Bonchev–Trinajstić information content (AvgIpc) is 3.61. The summed E-state index contributed by atoms with van der Waals surface area (Å²) in [6.07, 6.45) is 92.9. The summed E-state index contributed by atoms with van der Waals surface area (Å²) in [5.41, 5.74) is 0. The molecule has 0 fully saturated rings. The third kappa shape index (κ3) is 75.3. The first-order valence-corrected chi connectivity index (χ1v) is 41.2. The number of carbonyl (C=O) groups excluding carboxylic acids is 2. The first-order chi connectivity index (χ1) is 44.0. The lowest BCUT2D eigenvalue weighted by molar-refractivity contribution is -0.870. The summed E-state index contributed by atoms with van der Waals surface area (Å²) in [5, 5.41) is 0. The maximum atomic E-state index is 12.9. The van der Waals surface area contributed by atoms with Crippen LogP contribution in [-0.4, -0.2) is 74.9 Å². The summed E-state index contributed by atoms with van der Waals surface area (Å²) >= 11 is 0. The number of rotatable bonds is 75. The zero-order valence-electron chi connectivity index (χ0n) is 60.9. The largest absolute Gasteiger partial charge is 0.472 e. The van der Waals surface area contributed by atoms with E-state index in [9.17, 15) is 19.0 Å². The Morgan fingerprint density at radius 2 is 0.600 bits per heavy atom. The summed E-state index contributed by atoms with van der Waals surface area (Å²) in [5.74, 6) is -0.771. The Bertz CT molecular complexity index is 1610. The minimum atomic E-state index is -4.39. The molecule has 0 aliphatic heterocycles. The van der Waals surface area contributed by atoms with Crippen LogP contribution in [0.3, 0.4) is 0 Å². The lowest BCUT2D eigenvalue weighted by Gasteiger charge is -2.24. The molecular formula is C80H155NO8P+. The van der Waals surface area contributed by atoms with Crippen molar-refractivity contribution in [3.63, 3.8) is 0 Å². The molecule has 0 aromatic heterocycles. The van der Waals surface area contributed by atoms with E-state index in [0.29, 0.717) is 23.9 Å². The molecule has 0 saturated carbocycles. The molecule has 0 saturated heterocycles. The van der Waals surface area contributed by atoms with Gasteiger partial charge in [0.15, 0.2) is 6.10 Å². The van der Waals surface area contributed by atoms with Crippen molar-refractivity contribution in [2.24, 2.45) is 0 Å². The topological polar surface area (TPSA) is 108 Å². The normalized spacial score (nSPS) is 13.2. The Balaban J connectivity index is 3.91. The molecule has 0 bridgehead atoms. The Hall–Kier alpha value is -1.77. The molecule has 10 heteroatoms. The summed E-state index contributed by atoms with van der Waals surface area (Å²) in [6, 6.07) is 0. The minimum absolute atomic E-state index is 0.0353. The van der Waals surface area contributed by atoms with Crippen molar-refractivity contribution in [3.8, 4) is 0 Å². The molecule has 0 heterocycles. The summed E-state index contributed by atoms with van der Waals surface area (Å²) in [7, 11) is 1.50. The highest BCUT2D eigenvalue weighted by Crippen LogP contribution is 2.43. The number of quaternary nitrogens is 1. The number of nitrogens with zero attached hydrogens (tertiary/aromatic N) is 1. The third-order valence-corrected chi connectivity index (χ3v) is 19.1. The van der Waals surface area contributed by atoms with Crippen LogP contribution in [0.4, 0.5) is 0 Å². The van der Waals surface area contributed by atoms with E-state index in [2.05, 4.69) is 50.3 Å². The highest BCUT2D eigenvalue weighted by atomic mass is 31.2. The van der Waals surface area contributed by atoms with Crippen LogP contribution in [0.25, 0.3) is 0 Å². The zero-order valence-corrected chi connectivity index (χ0v) is 61.8. The van der Waals surface area contributed by atoms with Crippen molar-refractivity contribution in [2.45, 2.75) is 418 Å². The van der Waals surface area contributed by atoms with E-state index in [4.69, 9.17) is 18.5 Å². The molecule has 0 aromatic carbocycles. The van der Waals surface area contributed by atoms with Gasteiger partial charge < -0.3 is 18.9 Å². The van der Waals surface area contributed by atoms with Crippen LogP contribution in [0.5, 0.6) is 0 Å². The molecule has 0 rings (SSSR count). The number of hydrogen-bond acceptors (Lipinski definition) is 7. The zero-order chi connectivity index (χ0) is 65.5. The van der Waals surface area contributed by atoms with Crippen LogP contribution in [0.2, 0.25) is 0 Å². The van der Waals surface area contributed by atoms with Crippen molar-refractivity contribution >= 4 is 19.8 Å². The van der Waals surface area contributed by atoms with Crippen molar-refractivity contribution in [1.82, 2.24) is 0 Å². The number of likely N-dealkylation sites (N-methyl/N-ethyl adjacent to an activating group) is 1. The van der Waals surface area contributed by atoms with Crippen molar-refractivity contribution in [2.75, 3.05) is 47.5 Å². The number of hydrogen-bond donors (Lipinski definition) is 1. The van der Waals surface area contributed by atoms with Gasteiger partial charge in [-0.15, -0.1) is 0 Å². The minimum Gasteiger partial charge on any atom is -0.462 e. The second-order valence-corrected chi connectivity index (χ2v) is 29.9. The maximum absolute atomic E-state index is 12.9. The first-order valence-electron chi connectivity index (χ1n) is 39.7. The van der Waals surface area contributed by atoms with Gasteiger partial charge >= 0.3 is 19.8 Å². The molecule has 0 aromatic rings. The second kappa shape index (κ2) is 71.5. The SMILES string of the molecule is CCCCCCC/C=C\C/C=C\CCCCCCCCCCCCCCCCCCCCCCCCCC(=O)OC(COC(=O)CCCCCCCCCCCCCCCCCCCCC/C=C\CCCCCCCCCC)COP(=O)(O)OCC[N+](C)(C)C. The second-order valence-electron chi connectivity index (χ2n) is 28.4. The Labute approximate surface area is 561 Å². The van der Waals surface area contributed by atoms with Crippen LogP contribution < -0.4 is 0 Å². The van der Waals surface area contributed by atoms with Crippen LogP contribution in [0.15, 0.2) is 36.5 Å². The number of allylic oxidation sites excluding steroid dienone is 6. The smallest absolute Gasteiger partial charge is 0.462 e. The molecule has 1 N–H and O–H groups in total. The van der Waals surface area contributed by atoms with Gasteiger partial charge in [0.05, 0.1) is 27.7 Å². The predicted octanol–water partition coefficient (Wildman–Crippen LogP) is 26.2. The number of phosphoric acid groups is 1. The predicted molar refractivity (Wildman–Crippen MR) is 390 cm³/mol. The van der Waals surface area contributed by atoms with Gasteiger partial charge in [-0.25, -0.2) is 4.57 Å². The van der Waals surface area contributed by atoms with Gasteiger partial charge in [-0.2, -0.15) is 0 Å². The molecule has 90 heavy (non-hydrogen) atoms. The van der Waals surface area contributed by atoms with Gasteiger partial charge in [0.25, 0.3) is 0 Å². The van der Waals surface area contributed by atoms with Gasteiger partial charge in [0.2, 0.25) is 0 Å². The molecular weight excluding hydrogens is 1130 g/mol. The van der Waals surface area contributed by atoms with E-state index >= 15 is 0 Å². The first kappa shape index (κ1) is 88.2. The van der Waals surface area contributed by atoms with Crippen LogP contribution >= 0.6 is 7.82 Å². The van der Waals surface area contributed by atoms with Gasteiger partial charge in [-0.1, -0.05) is 365 Å². The number of carbonyl (C=O) groups is 2. The van der Waals surface area contributed by atoms with Crippen LogP contribution in [0.1, 0.15) is 412 Å². The van der Waals surface area contributed by atoms with Crippen LogP contribution in [0, 0.1) is 0 Å². The van der Waals surface area contributed by atoms with E-state index in [1.807, 2.05) is 21.1 Å². The van der Waals surface area contributed by atoms with Crippen molar-refractivity contribution < 1.29 is 42.1 Å². The quantitative estimate of drug-likeness (QED) is 0.0211. The lowest BCUT2D eigenvalue weighted by Crippen LogP contribution is -2.37. The van der Waals surface area contributed by atoms with E-state index in [1.54, 1.807) is 0 Å². The summed E-state index contributed by atoms with van der Waals surface area (Å²) in [6.45, 7) is 4.50. The molecule has 0 radical (unpaired) electrons. The van der Waals surface area contributed by atoms with Gasteiger partial charge in [0, 0.05) is 12.8 Å². The fraction of sp³-hybridized carbons (Fsp3) is 0.900. The van der Waals surface area contributed by atoms with Crippen molar-refractivity contribution in [3.05, 3.63) is 36.5 Å². The van der Waals surface area contributed by atoms with Gasteiger partial charge in [-0.3, -0.25) is 18.6 Å². The van der Waals surface area contributed by atoms with Crippen LogP contribution in [-0.2, 0) is 32.7 Å². The number of unbranched alkanes of at least 4 members (excludes halogenated alkanes) is 55. The van der Waals surface area contributed by atoms with Crippen molar-refractivity contribution in [1.29, 1.82) is 0 Å². The van der Waals surface area contributed by atoms with E-state index in [1.165, 1.54) is 340 Å². The molecule has 0 aliphatic rings. The Morgan fingerprint density at radius 1 is 0.344 bits per heavy atom. The molecule has 532 valence electrons. The number of esters is 2. The maximum Gasteiger partial charge on any atom is 0.472 e. The highest BCUT2D eigenvalue weighted by molar-refractivity contribution is 7.47. The molecule has 2 atom stereocenters. The standard InChI is InChI=1S/C80H154NO8P/c1-6-8-10-12-14-16-18-20-22-24-26-28-30-32-34-36-38-39-40-41-43-45-47-49-51-53-55-57-59-61-63-65-67-69-71-73-80(83)89-78(77-88-90(84,85)87-75-74-81(3,4)5)76-86-79(82)72-70-68-66-64-62-60-58-56-54-52-50-48-46-44-42-37-35-33-31-29-27-25-23-21-19-17-15-13-11-9-7-2/h18,20,24-27,78H,6-17,19,21-23,28-77H2,1-5H3/p+1/b20-18-,26-24-,27-25-. The van der Waals surface area contributed by atoms with Gasteiger partial charge in [-0.05, 0) is 70.6 Å². The molecule has 0 aliphatic carbocycles. The molecule has 2 unspecified atom stereocenters. The highest BCUT2D eigenvalue weighted by Gasteiger charge is 2.27. The average molecular weight is 1290 g/mol. The summed E-state index contributed by atoms with van der Waals surface area (Å²) < 4.78 is 34.8.